The Kier molecular flexibility index (Phi) is 6.07. The Morgan fingerprint density at radius 1 is 1.06 bits per heavy atom. The SMILES string of the molecule is COc1ccc(CNC(=O)C2CCN(c3ccc4nnc(-c5ccccc5F)n4n3)CC2)cc1. The molecule has 2 aromatic heterocycles. The van der Waals surface area contributed by atoms with Gasteiger partial charge in [-0.2, -0.15) is 4.52 Å². The molecule has 1 aliphatic heterocycles. The minimum atomic E-state index is -0.370. The second-order valence-electron chi connectivity index (χ2n) is 8.29. The third-order valence-electron chi connectivity index (χ3n) is 6.18. The number of piperidine rings is 1. The lowest BCUT2D eigenvalue weighted by Crippen LogP contribution is -2.40. The fourth-order valence-corrected chi connectivity index (χ4v) is 4.21. The van der Waals surface area contributed by atoms with Gasteiger partial charge in [0.2, 0.25) is 5.91 Å². The van der Waals surface area contributed by atoms with E-state index in [2.05, 4.69) is 25.5 Å². The highest BCUT2D eigenvalue weighted by atomic mass is 19.1. The Morgan fingerprint density at radius 2 is 1.82 bits per heavy atom. The number of hydrogen-bond donors (Lipinski definition) is 1. The number of anilines is 1. The average Bonchev–Trinajstić information content (AvgIpc) is 3.31. The van der Waals surface area contributed by atoms with Gasteiger partial charge in [0, 0.05) is 25.6 Å². The van der Waals surface area contributed by atoms with E-state index in [9.17, 15) is 9.18 Å². The molecule has 4 aromatic rings. The number of fused-ring (bicyclic) bond motifs is 1. The molecule has 8 nitrogen and oxygen atoms in total. The van der Waals surface area contributed by atoms with E-state index in [1.165, 1.54) is 6.07 Å². The smallest absolute Gasteiger partial charge is 0.223 e. The Morgan fingerprint density at radius 3 is 2.56 bits per heavy atom. The zero-order chi connectivity index (χ0) is 23.5. The molecule has 0 bridgehead atoms. The van der Waals surface area contributed by atoms with Crippen LogP contribution >= 0.6 is 0 Å². The molecular formula is C25H25FN6O2. The quantitative estimate of drug-likeness (QED) is 0.474. The largest absolute Gasteiger partial charge is 0.497 e. The van der Waals surface area contributed by atoms with Crippen molar-refractivity contribution in [2.75, 3.05) is 25.1 Å². The predicted molar refractivity (Wildman–Crippen MR) is 126 cm³/mol. The molecule has 2 aromatic carbocycles. The minimum absolute atomic E-state index is 0.0397. The molecular weight excluding hydrogens is 435 g/mol. The minimum Gasteiger partial charge on any atom is -0.497 e. The van der Waals surface area contributed by atoms with E-state index in [-0.39, 0.29) is 17.6 Å². The van der Waals surface area contributed by atoms with Gasteiger partial charge in [-0.15, -0.1) is 15.3 Å². The molecule has 0 saturated carbocycles. The van der Waals surface area contributed by atoms with Crippen molar-refractivity contribution in [3.8, 4) is 17.1 Å². The van der Waals surface area contributed by atoms with Crippen molar-refractivity contribution in [3.63, 3.8) is 0 Å². The fraction of sp³-hybridized carbons (Fsp3) is 0.280. The topological polar surface area (TPSA) is 84.6 Å². The van der Waals surface area contributed by atoms with E-state index in [0.717, 1.165) is 30.0 Å². The predicted octanol–water partition coefficient (Wildman–Crippen LogP) is 3.47. The molecule has 1 amide bonds. The van der Waals surface area contributed by atoms with Crippen molar-refractivity contribution in [1.82, 2.24) is 25.1 Å². The van der Waals surface area contributed by atoms with Crippen LogP contribution in [0.1, 0.15) is 18.4 Å². The number of amides is 1. The van der Waals surface area contributed by atoms with Crippen molar-refractivity contribution in [2.24, 2.45) is 5.92 Å². The van der Waals surface area contributed by atoms with Gasteiger partial charge in [0.1, 0.15) is 17.4 Å². The zero-order valence-corrected chi connectivity index (χ0v) is 18.8. The van der Waals surface area contributed by atoms with E-state index in [4.69, 9.17) is 4.74 Å². The number of carbonyl (C=O) groups is 1. The first-order chi connectivity index (χ1) is 16.6. The Labute approximate surface area is 196 Å². The van der Waals surface area contributed by atoms with Gasteiger partial charge in [0.15, 0.2) is 11.5 Å². The van der Waals surface area contributed by atoms with Gasteiger partial charge in [-0.25, -0.2) is 4.39 Å². The molecule has 0 radical (unpaired) electrons. The molecule has 1 aliphatic rings. The second kappa shape index (κ2) is 9.46. The summed E-state index contributed by atoms with van der Waals surface area (Å²) in [6.07, 6.45) is 1.47. The van der Waals surface area contributed by atoms with Crippen LogP contribution in [0.15, 0.2) is 60.7 Å². The second-order valence-corrected chi connectivity index (χ2v) is 8.29. The number of hydrogen-bond acceptors (Lipinski definition) is 6. The maximum Gasteiger partial charge on any atom is 0.223 e. The summed E-state index contributed by atoms with van der Waals surface area (Å²) in [5.74, 6) is 1.57. The Bertz CT molecular complexity index is 1300. The summed E-state index contributed by atoms with van der Waals surface area (Å²) in [7, 11) is 1.63. The number of halogens is 1. The van der Waals surface area contributed by atoms with Crippen LogP contribution in [0.5, 0.6) is 5.75 Å². The zero-order valence-electron chi connectivity index (χ0n) is 18.8. The molecule has 0 spiro atoms. The molecule has 0 aliphatic carbocycles. The number of nitrogens with zero attached hydrogens (tertiary/aromatic N) is 5. The summed E-state index contributed by atoms with van der Waals surface area (Å²) in [6.45, 7) is 1.90. The van der Waals surface area contributed by atoms with Crippen LogP contribution in [0.25, 0.3) is 17.0 Å². The first kappa shape index (κ1) is 21.8. The molecule has 1 saturated heterocycles. The van der Waals surface area contributed by atoms with Gasteiger partial charge in [0.05, 0.1) is 12.7 Å². The highest BCUT2D eigenvalue weighted by Crippen LogP contribution is 2.25. The van der Waals surface area contributed by atoms with E-state index in [1.54, 1.807) is 29.8 Å². The Balaban J connectivity index is 1.23. The fourth-order valence-electron chi connectivity index (χ4n) is 4.21. The number of carbonyl (C=O) groups excluding carboxylic acids is 1. The molecule has 1 N–H and O–H groups in total. The van der Waals surface area contributed by atoms with Gasteiger partial charge >= 0.3 is 0 Å². The summed E-state index contributed by atoms with van der Waals surface area (Å²) in [6, 6.07) is 17.8. The summed E-state index contributed by atoms with van der Waals surface area (Å²) in [4.78, 5) is 14.8. The molecule has 34 heavy (non-hydrogen) atoms. The number of nitrogens with one attached hydrogen (secondary N) is 1. The normalized spacial score (nSPS) is 14.4. The molecule has 9 heteroatoms. The lowest BCUT2D eigenvalue weighted by Gasteiger charge is -2.32. The molecule has 0 unspecified atom stereocenters. The highest BCUT2D eigenvalue weighted by molar-refractivity contribution is 5.79. The number of benzene rings is 2. The highest BCUT2D eigenvalue weighted by Gasteiger charge is 2.26. The van der Waals surface area contributed by atoms with E-state index < -0.39 is 0 Å². The van der Waals surface area contributed by atoms with Crippen molar-refractivity contribution in [1.29, 1.82) is 0 Å². The van der Waals surface area contributed by atoms with Crippen LogP contribution in [-0.4, -0.2) is 45.9 Å². The van der Waals surface area contributed by atoms with E-state index >= 15 is 0 Å². The average molecular weight is 461 g/mol. The van der Waals surface area contributed by atoms with Crippen molar-refractivity contribution in [2.45, 2.75) is 19.4 Å². The summed E-state index contributed by atoms with van der Waals surface area (Å²) >= 11 is 0. The third kappa shape index (κ3) is 4.41. The first-order valence-corrected chi connectivity index (χ1v) is 11.3. The van der Waals surface area contributed by atoms with E-state index in [1.807, 2.05) is 36.4 Å². The van der Waals surface area contributed by atoms with Crippen LogP contribution in [-0.2, 0) is 11.3 Å². The van der Waals surface area contributed by atoms with Gasteiger partial charge < -0.3 is 15.0 Å². The van der Waals surface area contributed by atoms with Gasteiger partial charge in [-0.05, 0) is 54.8 Å². The number of methoxy groups -OCH3 is 1. The van der Waals surface area contributed by atoms with Crippen molar-refractivity contribution < 1.29 is 13.9 Å². The van der Waals surface area contributed by atoms with E-state index in [0.29, 0.717) is 36.7 Å². The maximum atomic E-state index is 14.3. The van der Waals surface area contributed by atoms with Gasteiger partial charge in [-0.1, -0.05) is 24.3 Å². The van der Waals surface area contributed by atoms with Crippen molar-refractivity contribution >= 4 is 17.4 Å². The monoisotopic (exact) mass is 460 g/mol. The summed E-state index contributed by atoms with van der Waals surface area (Å²) < 4.78 is 21.0. The molecule has 174 valence electrons. The number of ether oxygens (including phenoxy) is 1. The van der Waals surface area contributed by atoms with Gasteiger partial charge in [0.25, 0.3) is 0 Å². The first-order valence-electron chi connectivity index (χ1n) is 11.3. The lowest BCUT2D eigenvalue weighted by atomic mass is 9.96. The summed E-state index contributed by atoms with van der Waals surface area (Å²) in [5, 5.41) is 16.0. The third-order valence-corrected chi connectivity index (χ3v) is 6.18. The number of aromatic nitrogens is 4. The van der Waals surface area contributed by atoms with Crippen molar-refractivity contribution in [3.05, 3.63) is 72.0 Å². The lowest BCUT2D eigenvalue weighted by molar-refractivity contribution is -0.125. The van der Waals surface area contributed by atoms with Crippen LogP contribution in [0.3, 0.4) is 0 Å². The molecule has 5 rings (SSSR count). The summed E-state index contributed by atoms with van der Waals surface area (Å²) in [5.41, 5.74) is 1.94. The molecule has 1 fully saturated rings. The Hall–Kier alpha value is -4.01. The molecule has 0 atom stereocenters. The van der Waals surface area contributed by atoms with Crippen LogP contribution in [0, 0.1) is 11.7 Å². The molecule has 3 heterocycles. The number of rotatable bonds is 6. The van der Waals surface area contributed by atoms with Gasteiger partial charge in [-0.3, -0.25) is 4.79 Å². The van der Waals surface area contributed by atoms with Crippen LogP contribution in [0.4, 0.5) is 10.2 Å². The maximum absolute atomic E-state index is 14.3. The van der Waals surface area contributed by atoms with Crippen LogP contribution in [0.2, 0.25) is 0 Å². The van der Waals surface area contributed by atoms with Crippen LogP contribution < -0.4 is 15.0 Å². The standard InChI is InChI=1S/C25H25FN6O2/c1-34-19-8-6-17(7-9-19)16-27-25(33)18-12-14-31(15-13-18)23-11-10-22-28-29-24(32(22)30-23)20-4-2-3-5-21(20)26/h2-11,18H,12-16H2,1H3,(H,27,33).